The minimum Gasteiger partial charge on any atom is -0.385 e. The van der Waals surface area contributed by atoms with Crippen molar-refractivity contribution in [2.75, 3.05) is 11.9 Å². The third kappa shape index (κ3) is 8.12. The summed E-state index contributed by atoms with van der Waals surface area (Å²) in [5.74, 6) is 0. The second-order valence-electron chi connectivity index (χ2n) is 4.55. The van der Waals surface area contributed by atoms with Crippen molar-refractivity contribution in [2.45, 2.75) is 45.4 Å². The number of carbonyl (C=O) groups excluding carboxylic acids is 1. The fraction of sp³-hybridized carbons (Fsp3) is 0.533. The van der Waals surface area contributed by atoms with E-state index >= 15 is 0 Å². The van der Waals surface area contributed by atoms with E-state index in [0.717, 1.165) is 12.2 Å². The maximum absolute atomic E-state index is 10.9. The summed E-state index contributed by atoms with van der Waals surface area (Å²) in [6.07, 6.45) is 7.80. The summed E-state index contributed by atoms with van der Waals surface area (Å²) in [5, 5.41) is 2.94. The Balaban J connectivity index is 0.00000324. The van der Waals surface area contributed by atoms with Crippen LogP contribution in [0.2, 0.25) is 0 Å². The van der Waals surface area contributed by atoms with Crippen molar-refractivity contribution >= 4 is 34.9 Å². The van der Waals surface area contributed by atoms with Gasteiger partial charge in [-0.05, 0) is 42.3 Å². The van der Waals surface area contributed by atoms with Gasteiger partial charge in [0.2, 0.25) is 0 Å². The third-order valence-corrected chi connectivity index (χ3v) is 3.19. The minimum absolute atomic E-state index is 0. The van der Waals surface area contributed by atoms with Crippen molar-refractivity contribution < 1.29 is 4.79 Å². The molecule has 0 unspecified atom stereocenters. The molecule has 0 aliphatic heterocycles. The molecule has 0 aliphatic rings. The molecular weight excluding hydrogens is 281 g/mol. The number of hydrogen-bond donors (Lipinski definition) is 1. The maximum atomic E-state index is 10.9. The lowest BCUT2D eigenvalue weighted by Crippen LogP contribution is -2.01. The third-order valence-electron chi connectivity index (χ3n) is 2.97. The average Bonchev–Trinajstić information content (AvgIpc) is 2.38. The molecule has 0 radical (unpaired) electrons. The lowest BCUT2D eigenvalue weighted by Gasteiger charge is -2.06. The van der Waals surface area contributed by atoms with E-state index in [2.05, 4.69) is 12.2 Å². The Labute approximate surface area is 127 Å². The molecule has 0 aliphatic carbocycles. The molecule has 108 valence electrons. The van der Waals surface area contributed by atoms with Crippen LogP contribution in [0, 0.1) is 0 Å². The first-order chi connectivity index (χ1) is 8.74. The molecule has 0 spiro atoms. The number of halogens is 2. The number of rotatable bonds is 9. The molecule has 1 aromatic rings. The van der Waals surface area contributed by atoms with E-state index in [0.29, 0.717) is 5.56 Å². The first kappa shape index (κ1) is 18.3. The predicted molar refractivity (Wildman–Crippen MR) is 85.7 cm³/mol. The Morgan fingerprint density at radius 2 is 1.63 bits per heavy atom. The van der Waals surface area contributed by atoms with E-state index in [-0.39, 0.29) is 12.4 Å². The molecule has 0 heterocycles. The zero-order valence-electron chi connectivity index (χ0n) is 11.5. The second-order valence-corrected chi connectivity index (χ2v) is 4.89. The van der Waals surface area contributed by atoms with Gasteiger partial charge in [-0.3, -0.25) is 4.79 Å². The summed E-state index contributed by atoms with van der Waals surface area (Å²) < 4.78 is 0. The van der Waals surface area contributed by atoms with Gasteiger partial charge in [0.05, 0.1) is 0 Å². The first-order valence-corrected chi connectivity index (χ1v) is 7.15. The number of anilines is 1. The van der Waals surface area contributed by atoms with E-state index in [9.17, 15) is 4.79 Å². The number of carbonyl (C=O) groups is 1. The summed E-state index contributed by atoms with van der Waals surface area (Å²) in [6, 6.07) is 7.29. The van der Waals surface area contributed by atoms with E-state index in [4.69, 9.17) is 11.6 Å². The van der Waals surface area contributed by atoms with Crippen molar-refractivity contribution in [3.63, 3.8) is 0 Å². The fourth-order valence-corrected chi connectivity index (χ4v) is 1.98. The molecule has 0 bridgehead atoms. The summed E-state index contributed by atoms with van der Waals surface area (Å²) in [5.41, 5.74) is 1.59. The normalized spacial score (nSPS) is 9.79. The van der Waals surface area contributed by atoms with Gasteiger partial charge in [-0.1, -0.05) is 39.0 Å². The van der Waals surface area contributed by atoms with Gasteiger partial charge in [-0.25, -0.2) is 0 Å². The molecule has 0 aromatic heterocycles. The van der Waals surface area contributed by atoms with Gasteiger partial charge in [-0.15, -0.1) is 12.4 Å². The zero-order valence-corrected chi connectivity index (χ0v) is 13.0. The topological polar surface area (TPSA) is 29.1 Å². The number of nitrogens with one attached hydrogen (secondary N) is 1. The molecule has 0 atom stereocenters. The van der Waals surface area contributed by atoms with Gasteiger partial charge in [0.25, 0.3) is 5.24 Å². The van der Waals surface area contributed by atoms with E-state index < -0.39 is 5.24 Å². The van der Waals surface area contributed by atoms with Crippen LogP contribution in [0.4, 0.5) is 5.69 Å². The predicted octanol–water partition coefficient (Wildman–Crippen LogP) is 5.26. The highest BCUT2D eigenvalue weighted by Gasteiger charge is 2.00. The van der Waals surface area contributed by atoms with Gasteiger partial charge in [0.1, 0.15) is 0 Å². The maximum Gasteiger partial charge on any atom is 0.252 e. The molecule has 19 heavy (non-hydrogen) atoms. The first-order valence-electron chi connectivity index (χ1n) is 6.78. The molecule has 0 saturated heterocycles. The van der Waals surface area contributed by atoms with Crippen LogP contribution in [0.3, 0.4) is 0 Å². The Kier molecular flexibility index (Phi) is 10.7. The van der Waals surface area contributed by atoms with Gasteiger partial charge >= 0.3 is 0 Å². The molecule has 1 N–H and O–H groups in total. The van der Waals surface area contributed by atoms with Crippen molar-refractivity contribution in [3.05, 3.63) is 29.8 Å². The largest absolute Gasteiger partial charge is 0.385 e. The Morgan fingerprint density at radius 1 is 1.05 bits per heavy atom. The van der Waals surface area contributed by atoms with Crippen LogP contribution in [-0.4, -0.2) is 11.8 Å². The van der Waals surface area contributed by atoms with Gasteiger partial charge in [0, 0.05) is 17.8 Å². The highest BCUT2D eigenvalue weighted by atomic mass is 35.5. The molecule has 4 heteroatoms. The SMILES string of the molecule is CCCCCCCCNc1ccc(C(=O)Cl)cc1.Cl. The molecule has 1 aromatic carbocycles. The summed E-state index contributed by atoms with van der Waals surface area (Å²) >= 11 is 5.38. The lowest BCUT2D eigenvalue weighted by molar-refractivity contribution is 0.108. The van der Waals surface area contributed by atoms with E-state index in [1.54, 1.807) is 12.1 Å². The monoisotopic (exact) mass is 303 g/mol. The van der Waals surface area contributed by atoms with Crippen molar-refractivity contribution in [3.8, 4) is 0 Å². The van der Waals surface area contributed by atoms with Gasteiger partial charge < -0.3 is 5.32 Å². The molecule has 0 fully saturated rings. The molecule has 2 nitrogen and oxygen atoms in total. The molecule has 1 rings (SSSR count). The van der Waals surface area contributed by atoms with Crippen molar-refractivity contribution in [2.24, 2.45) is 0 Å². The smallest absolute Gasteiger partial charge is 0.252 e. The van der Waals surface area contributed by atoms with E-state index in [1.165, 1.54) is 38.5 Å². The van der Waals surface area contributed by atoms with Gasteiger partial charge in [-0.2, -0.15) is 0 Å². The lowest BCUT2D eigenvalue weighted by atomic mass is 10.1. The van der Waals surface area contributed by atoms with Crippen LogP contribution in [0.1, 0.15) is 55.8 Å². The Hall–Kier alpha value is -0.730. The Bertz CT molecular complexity index is 352. The van der Waals surface area contributed by atoms with Crippen LogP contribution >= 0.6 is 24.0 Å². The summed E-state index contributed by atoms with van der Waals surface area (Å²) in [4.78, 5) is 10.9. The number of unbranched alkanes of at least 4 members (excludes halogenated alkanes) is 5. The highest BCUT2D eigenvalue weighted by Crippen LogP contribution is 2.12. The van der Waals surface area contributed by atoms with Crippen molar-refractivity contribution in [1.82, 2.24) is 0 Å². The van der Waals surface area contributed by atoms with Crippen LogP contribution in [0.25, 0.3) is 0 Å². The van der Waals surface area contributed by atoms with Crippen LogP contribution in [0.5, 0.6) is 0 Å². The van der Waals surface area contributed by atoms with E-state index in [1.807, 2.05) is 12.1 Å². The average molecular weight is 304 g/mol. The Morgan fingerprint density at radius 3 is 2.21 bits per heavy atom. The number of benzene rings is 1. The molecular formula is C15H23Cl2NO. The zero-order chi connectivity index (χ0) is 13.2. The fourth-order valence-electron chi connectivity index (χ4n) is 1.86. The number of hydrogen-bond acceptors (Lipinski definition) is 2. The highest BCUT2D eigenvalue weighted by molar-refractivity contribution is 6.67. The minimum atomic E-state index is -0.405. The molecule has 0 amide bonds. The van der Waals surface area contributed by atoms with Gasteiger partial charge in [0.15, 0.2) is 0 Å². The van der Waals surface area contributed by atoms with Crippen LogP contribution in [0.15, 0.2) is 24.3 Å². The second kappa shape index (κ2) is 11.1. The van der Waals surface area contributed by atoms with Crippen LogP contribution < -0.4 is 5.32 Å². The summed E-state index contributed by atoms with van der Waals surface area (Å²) in [7, 11) is 0. The summed E-state index contributed by atoms with van der Waals surface area (Å²) in [6.45, 7) is 3.22. The van der Waals surface area contributed by atoms with Crippen molar-refractivity contribution in [1.29, 1.82) is 0 Å². The molecule has 0 saturated carbocycles. The van der Waals surface area contributed by atoms with Crippen LogP contribution in [-0.2, 0) is 0 Å². The quantitative estimate of drug-likeness (QED) is 0.498. The standard InChI is InChI=1S/C15H22ClNO.ClH/c1-2-3-4-5-6-7-12-17-14-10-8-13(9-11-14)15(16)18;/h8-11,17H,2-7,12H2,1H3;1H.